The monoisotopic (exact) mass is 482 g/mol. The molecule has 0 aliphatic carbocycles. The highest BCUT2D eigenvalue weighted by atomic mass is 19.1. The van der Waals surface area contributed by atoms with Gasteiger partial charge in [-0.05, 0) is 49.7 Å². The fraction of sp³-hybridized carbons (Fsp3) is 0.217. The van der Waals surface area contributed by atoms with E-state index in [2.05, 4.69) is 15.6 Å². The molecule has 0 saturated heterocycles. The number of phenolic OH excluding ortho intramolecular Hbond substituents is 1. The van der Waals surface area contributed by atoms with Gasteiger partial charge in [0.25, 0.3) is 5.56 Å². The van der Waals surface area contributed by atoms with E-state index in [1.165, 1.54) is 16.8 Å². The third-order valence-corrected chi connectivity index (χ3v) is 4.94. The van der Waals surface area contributed by atoms with E-state index in [0.29, 0.717) is 22.6 Å². The van der Waals surface area contributed by atoms with E-state index in [1.54, 1.807) is 18.2 Å². The summed E-state index contributed by atoms with van der Waals surface area (Å²) >= 11 is 0. The van der Waals surface area contributed by atoms with Crippen molar-refractivity contribution in [2.75, 3.05) is 16.8 Å². The van der Waals surface area contributed by atoms with Gasteiger partial charge in [0.05, 0.1) is 17.5 Å². The van der Waals surface area contributed by atoms with Gasteiger partial charge in [-0.3, -0.25) is 19.6 Å². The number of rotatable bonds is 8. The Hall–Kier alpha value is -4.61. The van der Waals surface area contributed by atoms with Crippen molar-refractivity contribution in [1.82, 2.24) is 14.9 Å². The standard InChI is InChI=1S/C23H27FN8O3/c1-11(2)31-22-23(35)32(17(9-30-22)13-5-14(25)7-15(26)6-13)10-19(34)29-8-12-3-16(24)20(21(27)28)18(33)4-12/h3-7,9,11,33H,8,10,25-26H2,1-2H3,(H3,27,28)(H,29,34)(H,30,31). The SMILES string of the molecule is CC(C)Nc1ncc(-c2cc(N)cc(N)c2)n(CC(=O)NCc2cc(O)c(C(=N)N)c(F)c2)c1=O. The van der Waals surface area contributed by atoms with Crippen LogP contribution < -0.4 is 33.4 Å². The molecule has 35 heavy (non-hydrogen) atoms. The van der Waals surface area contributed by atoms with Crippen molar-refractivity contribution in [2.24, 2.45) is 5.73 Å². The Labute approximate surface area is 200 Å². The first-order valence-corrected chi connectivity index (χ1v) is 10.6. The maximum absolute atomic E-state index is 14.2. The van der Waals surface area contributed by atoms with Gasteiger partial charge in [0.1, 0.15) is 23.9 Å². The van der Waals surface area contributed by atoms with Gasteiger partial charge in [-0.15, -0.1) is 0 Å². The Kier molecular flexibility index (Phi) is 7.23. The zero-order valence-electron chi connectivity index (χ0n) is 19.2. The van der Waals surface area contributed by atoms with Gasteiger partial charge < -0.3 is 32.9 Å². The van der Waals surface area contributed by atoms with Crippen LogP contribution in [0.25, 0.3) is 11.3 Å². The molecule has 10 N–H and O–H groups in total. The fourth-order valence-corrected chi connectivity index (χ4v) is 3.49. The zero-order chi connectivity index (χ0) is 25.9. The Morgan fingerprint density at radius 3 is 2.43 bits per heavy atom. The summed E-state index contributed by atoms with van der Waals surface area (Å²) in [7, 11) is 0. The summed E-state index contributed by atoms with van der Waals surface area (Å²) in [5.74, 6) is -2.51. The molecule has 184 valence electrons. The molecule has 0 fully saturated rings. The number of carbonyl (C=O) groups excluding carboxylic acids is 1. The number of hydrogen-bond acceptors (Lipinski definition) is 8. The molecular formula is C23H27FN8O3. The Balaban J connectivity index is 1.91. The number of anilines is 3. The van der Waals surface area contributed by atoms with Crippen LogP contribution in [0.15, 0.2) is 41.3 Å². The van der Waals surface area contributed by atoms with E-state index in [9.17, 15) is 19.1 Å². The molecule has 0 aliphatic heterocycles. The van der Waals surface area contributed by atoms with Gasteiger partial charge in [-0.1, -0.05) is 0 Å². The third kappa shape index (κ3) is 5.85. The number of halogens is 1. The summed E-state index contributed by atoms with van der Waals surface area (Å²) in [4.78, 5) is 30.1. The number of benzene rings is 2. The van der Waals surface area contributed by atoms with E-state index in [4.69, 9.17) is 22.6 Å². The summed E-state index contributed by atoms with van der Waals surface area (Å²) < 4.78 is 15.4. The lowest BCUT2D eigenvalue weighted by atomic mass is 10.1. The molecule has 1 aromatic heterocycles. The molecule has 0 aliphatic rings. The van der Waals surface area contributed by atoms with Crippen molar-refractivity contribution in [3.63, 3.8) is 0 Å². The summed E-state index contributed by atoms with van der Waals surface area (Å²) in [6, 6.07) is 6.96. The maximum atomic E-state index is 14.2. The molecule has 0 unspecified atom stereocenters. The van der Waals surface area contributed by atoms with E-state index >= 15 is 0 Å². The van der Waals surface area contributed by atoms with Crippen LogP contribution in [0.4, 0.5) is 21.6 Å². The average Bonchev–Trinajstić information content (AvgIpc) is 2.73. The van der Waals surface area contributed by atoms with Crippen molar-refractivity contribution in [1.29, 1.82) is 5.41 Å². The Bertz CT molecular complexity index is 1310. The van der Waals surface area contributed by atoms with E-state index in [1.807, 2.05) is 13.8 Å². The lowest BCUT2D eigenvalue weighted by molar-refractivity contribution is -0.121. The van der Waals surface area contributed by atoms with Crippen molar-refractivity contribution in [2.45, 2.75) is 33.0 Å². The first-order chi connectivity index (χ1) is 16.5. The van der Waals surface area contributed by atoms with Crippen molar-refractivity contribution in [3.05, 3.63) is 63.8 Å². The lowest BCUT2D eigenvalue weighted by Gasteiger charge is -2.17. The molecule has 0 bridgehead atoms. The van der Waals surface area contributed by atoms with Gasteiger partial charge in [-0.2, -0.15) is 0 Å². The van der Waals surface area contributed by atoms with Crippen molar-refractivity contribution in [3.8, 4) is 17.0 Å². The molecule has 0 atom stereocenters. The Morgan fingerprint density at radius 1 is 1.20 bits per heavy atom. The van der Waals surface area contributed by atoms with Gasteiger partial charge in [0.15, 0.2) is 5.82 Å². The summed E-state index contributed by atoms with van der Waals surface area (Å²) in [6.45, 7) is 3.17. The number of nitrogens with zero attached hydrogens (tertiary/aromatic N) is 2. The number of aromatic hydroxyl groups is 1. The minimum Gasteiger partial charge on any atom is -0.507 e. The number of carbonyl (C=O) groups is 1. The third-order valence-electron chi connectivity index (χ3n) is 4.94. The molecule has 2 aromatic carbocycles. The zero-order valence-corrected chi connectivity index (χ0v) is 19.2. The summed E-state index contributed by atoms with van der Waals surface area (Å²) in [6.07, 6.45) is 1.45. The molecule has 12 heteroatoms. The normalized spacial score (nSPS) is 10.9. The van der Waals surface area contributed by atoms with Crippen LogP contribution >= 0.6 is 0 Å². The number of hydrogen-bond donors (Lipinski definition) is 7. The lowest BCUT2D eigenvalue weighted by Crippen LogP contribution is -2.35. The molecule has 1 amide bonds. The van der Waals surface area contributed by atoms with Crippen LogP contribution in [-0.4, -0.2) is 32.4 Å². The highest BCUT2D eigenvalue weighted by molar-refractivity contribution is 5.97. The number of nitrogens with one attached hydrogen (secondary N) is 3. The number of phenols is 1. The van der Waals surface area contributed by atoms with Crippen LogP contribution in [0.5, 0.6) is 5.75 Å². The van der Waals surface area contributed by atoms with Crippen LogP contribution in [0.3, 0.4) is 0 Å². The van der Waals surface area contributed by atoms with Crippen LogP contribution in [0.1, 0.15) is 25.0 Å². The smallest absolute Gasteiger partial charge is 0.294 e. The van der Waals surface area contributed by atoms with Crippen LogP contribution in [-0.2, 0) is 17.9 Å². The number of nitrogen functional groups attached to an aromatic ring is 3. The van der Waals surface area contributed by atoms with Crippen LogP contribution in [0, 0.1) is 11.2 Å². The van der Waals surface area contributed by atoms with E-state index in [0.717, 1.165) is 6.07 Å². The second-order valence-electron chi connectivity index (χ2n) is 8.23. The second-order valence-corrected chi connectivity index (χ2v) is 8.23. The topological polar surface area (TPSA) is 198 Å². The predicted octanol–water partition coefficient (Wildman–Crippen LogP) is 1.34. The minimum absolute atomic E-state index is 0.0697. The summed E-state index contributed by atoms with van der Waals surface area (Å²) in [5, 5.41) is 22.8. The number of nitrogens with two attached hydrogens (primary N) is 3. The Morgan fingerprint density at radius 2 is 1.86 bits per heavy atom. The van der Waals surface area contributed by atoms with Crippen molar-refractivity contribution >= 4 is 28.9 Å². The quantitative estimate of drug-likeness (QED) is 0.142. The molecular weight excluding hydrogens is 455 g/mol. The molecule has 0 spiro atoms. The van der Waals surface area contributed by atoms with Gasteiger partial charge in [-0.25, -0.2) is 9.37 Å². The minimum atomic E-state index is -0.891. The predicted molar refractivity (Wildman–Crippen MR) is 132 cm³/mol. The largest absolute Gasteiger partial charge is 0.507 e. The molecule has 3 rings (SSSR count). The van der Waals surface area contributed by atoms with Crippen molar-refractivity contribution < 1.29 is 14.3 Å². The molecule has 0 radical (unpaired) electrons. The molecule has 1 heterocycles. The first-order valence-electron chi connectivity index (χ1n) is 10.6. The molecule has 0 saturated carbocycles. The maximum Gasteiger partial charge on any atom is 0.294 e. The van der Waals surface area contributed by atoms with Gasteiger partial charge in [0.2, 0.25) is 5.91 Å². The van der Waals surface area contributed by atoms with Gasteiger partial charge in [0, 0.05) is 29.5 Å². The average molecular weight is 483 g/mol. The highest BCUT2D eigenvalue weighted by Gasteiger charge is 2.17. The van der Waals surface area contributed by atoms with Crippen LogP contribution in [0.2, 0.25) is 0 Å². The number of amides is 1. The summed E-state index contributed by atoms with van der Waals surface area (Å²) in [5.41, 5.74) is 17.9. The fourth-order valence-electron chi connectivity index (χ4n) is 3.49. The molecule has 3 aromatic rings. The van der Waals surface area contributed by atoms with E-state index in [-0.39, 0.29) is 30.5 Å². The van der Waals surface area contributed by atoms with E-state index < -0.39 is 34.4 Å². The highest BCUT2D eigenvalue weighted by Crippen LogP contribution is 2.25. The number of aromatic nitrogens is 2. The number of amidine groups is 1. The van der Waals surface area contributed by atoms with Gasteiger partial charge >= 0.3 is 0 Å². The molecule has 11 nitrogen and oxygen atoms in total. The second kappa shape index (κ2) is 10.1. The first kappa shape index (κ1) is 25.0.